The van der Waals surface area contributed by atoms with E-state index in [2.05, 4.69) is 15.4 Å². The van der Waals surface area contributed by atoms with Crippen LogP contribution in [0.5, 0.6) is 0 Å². The Morgan fingerprint density at radius 1 is 1.10 bits per heavy atom. The largest absolute Gasteiger partial charge is 0.328 e. The molecule has 1 N–H and O–H groups in total. The van der Waals surface area contributed by atoms with Gasteiger partial charge in [0.15, 0.2) is 11.6 Å². The molecule has 0 saturated heterocycles. The van der Waals surface area contributed by atoms with Crippen molar-refractivity contribution in [1.29, 1.82) is 0 Å². The van der Waals surface area contributed by atoms with E-state index in [0.29, 0.717) is 23.8 Å². The van der Waals surface area contributed by atoms with Crippen molar-refractivity contribution < 1.29 is 9.72 Å². The second-order valence-electron chi connectivity index (χ2n) is 7.12. The molecule has 0 radical (unpaired) electrons. The van der Waals surface area contributed by atoms with Crippen molar-refractivity contribution in [3.63, 3.8) is 0 Å². The predicted octanol–water partition coefficient (Wildman–Crippen LogP) is 3.88. The molecule has 1 aliphatic carbocycles. The van der Waals surface area contributed by atoms with Crippen molar-refractivity contribution in [3.8, 4) is 11.4 Å². The van der Waals surface area contributed by atoms with Gasteiger partial charge in [-0.2, -0.15) is 4.98 Å². The number of carbonyl (C=O) groups excluding carboxylic acids is 1. The number of nitrogens with zero attached hydrogens (tertiary/aromatic N) is 4. The molecule has 1 aromatic heterocycles. The van der Waals surface area contributed by atoms with Gasteiger partial charge in [-0.05, 0) is 18.4 Å². The average molecular weight is 387 g/mol. The van der Waals surface area contributed by atoms with E-state index in [4.69, 9.17) is 0 Å². The summed E-state index contributed by atoms with van der Waals surface area (Å²) in [5.74, 6) is 1.03. The molecular weight excluding hydrogens is 370 g/mol. The molecule has 0 saturated carbocycles. The molecule has 2 heterocycles. The van der Waals surface area contributed by atoms with Gasteiger partial charge in [0.1, 0.15) is 6.04 Å². The number of ketones is 1. The summed E-state index contributed by atoms with van der Waals surface area (Å²) in [6.45, 7) is 0. The third-order valence-electron chi connectivity index (χ3n) is 5.30. The van der Waals surface area contributed by atoms with Crippen molar-refractivity contribution in [2.75, 3.05) is 5.32 Å². The summed E-state index contributed by atoms with van der Waals surface area (Å²) in [6.07, 6.45) is 2.10. The second-order valence-corrected chi connectivity index (χ2v) is 7.12. The minimum Gasteiger partial charge on any atom is -0.328 e. The lowest BCUT2D eigenvalue weighted by Crippen LogP contribution is -2.31. The van der Waals surface area contributed by atoms with E-state index in [0.717, 1.165) is 29.7 Å². The maximum atomic E-state index is 12.8. The van der Waals surface area contributed by atoms with E-state index in [1.54, 1.807) is 16.8 Å². The van der Waals surface area contributed by atoms with Crippen LogP contribution in [0.15, 0.2) is 65.9 Å². The Hall–Kier alpha value is -3.81. The maximum Gasteiger partial charge on any atom is 0.270 e. The molecule has 29 heavy (non-hydrogen) atoms. The molecule has 0 fully saturated rings. The quantitative estimate of drug-likeness (QED) is 0.540. The summed E-state index contributed by atoms with van der Waals surface area (Å²) in [5.41, 5.74) is 3.11. The summed E-state index contributed by atoms with van der Waals surface area (Å²) in [4.78, 5) is 28.1. The summed E-state index contributed by atoms with van der Waals surface area (Å²) in [6, 6.07) is 15.6. The number of nitro groups is 1. The van der Waals surface area contributed by atoms with E-state index >= 15 is 0 Å². The zero-order valence-electron chi connectivity index (χ0n) is 15.4. The number of non-ortho nitro benzene ring substituents is 1. The molecular formula is C21H17N5O3. The molecule has 5 rings (SSSR count). The molecule has 1 aliphatic heterocycles. The van der Waals surface area contributed by atoms with E-state index in [1.165, 1.54) is 12.1 Å². The van der Waals surface area contributed by atoms with Gasteiger partial charge < -0.3 is 5.32 Å². The van der Waals surface area contributed by atoms with Crippen LogP contribution in [0.2, 0.25) is 0 Å². The summed E-state index contributed by atoms with van der Waals surface area (Å²) < 4.78 is 1.71. The van der Waals surface area contributed by atoms with Crippen LogP contribution in [0.4, 0.5) is 11.6 Å². The van der Waals surface area contributed by atoms with Gasteiger partial charge in [-0.1, -0.05) is 42.5 Å². The van der Waals surface area contributed by atoms with Crippen LogP contribution in [0.3, 0.4) is 0 Å². The van der Waals surface area contributed by atoms with Crippen molar-refractivity contribution in [3.05, 3.63) is 81.5 Å². The molecule has 8 heteroatoms. The highest BCUT2D eigenvalue weighted by Crippen LogP contribution is 2.40. The standard InChI is InChI=1S/C21H17N5O3/c27-17-11-5-10-16-18(17)19(13-6-2-1-3-7-13)25-21(22-16)23-20(24-25)14-8-4-9-15(12-14)26(28)29/h1-4,6-9,12,19H,5,10-11H2,(H,22,23,24). The zero-order valence-corrected chi connectivity index (χ0v) is 15.4. The number of anilines is 1. The number of fused-ring (bicyclic) bond motifs is 1. The van der Waals surface area contributed by atoms with Gasteiger partial charge >= 0.3 is 0 Å². The SMILES string of the molecule is O=C1CCCC2=C1C(c1ccccc1)n1nc(-c3cccc([N+](=O)[O-])c3)nc1N2. The Bertz CT molecular complexity index is 1170. The number of rotatable bonds is 3. The molecule has 2 aromatic carbocycles. The van der Waals surface area contributed by atoms with Crippen LogP contribution in [0, 0.1) is 10.1 Å². The van der Waals surface area contributed by atoms with Gasteiger partial charge in [0, 0.05) is 35.4 Å². The molecule has 1 unspecified atom stereocenters. The van der Waals surface area contributed by atoms with Gasteiger partial charge in [-0.25, -0.2) is 4.68 Å². The van der Waals surface area contributed by atoms with Gasteiger partial charge in [0.25, 0.3) is 5.69 Å². The number of hydrogen-bond donors (Lipinski definition) is 1. The minimum atomic E-state index is -0.441. The number of aromatic nitrogens is 3. The fraction of sp³-hybridized carbons (Fsp3) is 0.190. The monoisotopic (exact) mass is 387 g/mol. The van der Waals surface area contributed by atoms with Crippen molar-refractivity contribution in [2.24, 2.45) is 0 Å². The first-order chi connectivity index (χ1) is 14.1. The lowest BCUT2D eigenvalue weighted by Gasteiger charge is -2.32. The molecule has 1 atom stereocenters. The highest BCUT2D eigenvalue weighted by molar-refractivity contribution is 5.99. The molecule has 2 aliphatic rings. The molecule has 0 spiro atoms. The summed E-state index contributed by atoms with van der Waals surface area (Å²) in [7, 11) is 0. The maximum absolute atomic E-state index is 12.8. The highest BCUT2D eigenvalue weighted by Gasteiger charge is 2.36. The topological polar surface area (TPSA) is 103 Å². The van der Waals surface area contributed by atoms with E-state index < -0.39 is 4.92 Å². The lowest BCUT2D eigenvalue weighted by atomic mass is 9.85. The number of hydrogen-bond acceptors (Lipinski definition) is 6. The fourth-order valence-electron chi connectivity index (χ4n) is 3.98. The minimum absolute atomic E-state index is 0.0181. The first-order valence-electron chi connectivity index (χ1n) is 9.41. The Kier molecular flexibility index (Phi) is 3.97. The first kappa shape index (κ1) is 17.3. The highest BCUT2D eigenvalue weighted by atomic mass is 16.6. The Morgan fingerprint density at radius 2 is 1.93 bits per heavy atom. The lowest BCUT2D eigenvalue weighted by molar-refractivity contribution is -0.384. The van der Waals surface area contributed by atoms with E-state index in [1.807, 2.05) is 30.3 Å². The number of allylic oxidation sites excluding steroid dienone is 2. The summed E-state index contributed by atoms with van der Waals surface area (Å²) in [5, 5.41) is 19.0. The molecule has 8 nitrogen and oxygen atoms in total. The van der Waals surface area contributed by atoms with Crippen LogP contribution in [0.25, 0.3) is 11.4 Å². The third kappa shape index (κ3) is 2.89. The number of carbonyl (C=O) groups is 1. The van der Waals surface area contributed by atoms with Crippen molar-refractivity contribution >= 4 is 17.4 Å². The summed E-state index contributed by atoms with van der Waals surface area (Å²) >= 11 is 0. The Labute approximate surface area is 166 Å². The molecule has 0 bridgehead atoms. The Morgan fingerprint density at radius 3 is 2.72 bits per heavy atom. The molecule has 144 valence electrons. The van der Waals surface area contributed by atoms with Crippen molar-refractivity contribution in [2.45, 2.75) is 25.3 Å². The third-order valence-corrected chi connectivity index (χ3v) is 5.30. The Balaban J connectivity index is 1.66. The number of Topliss-reactive ketones (excluding diaryl/α,β-unsaturated/α-hetero) is 1. The zero-order chi connectivity index (χ0) is 20.0. The predicted molar refractivity (Wildman–Crippen MR) is 106 cm³/mol. The second kappa shape index (κ2) is 6.66. The van der Waals surface area contributed by atoms with Gasteiger partial charge in [0.05, 0.1) is 4.92 Å². The van der Waals surface area contributed by atoms with Crippen LogP contribution in [0.1, 0.15) is 30.9 Å². The van der Waals surface area contributed by atoms with E-state index in [9.17, 15) is 14.9 Å². The smallest absolute Gasteiger partial charge is 0.270 e. The van der Waals surface area contributed by atoms with Crippen LogP contribution >= 0.6 is 0 Å². The van der Waals surface area contributed by atoms with Gasteiger partial charge in [0.2, 0.25) is 5.95 Å². The van der Waals surface area contributed by atoms with Gasteiger partial charge in [-0.15, -0.1) is 5.10 Å². The fourth-order valence-corrected chi connectivity index (χ4v) is 3.98. The van der Waals surface area contributed by atoms with Gasteiger partial charge in [-0.3, -0.25) is 14.9 Å². The van der Waals surface area contributed by atoms with Crippen LogP contribution < -0.4 is 5.32 Å². The van der Waals surface area contributed by atoms with Crippen molar-refractivity contribution in [1.82, 2.24) is 14.8 Å². The number of nitrogens with one attached hydrogen (secondary N) is 1. The molecule has 3 aromatic rings. The first-order valence-corrected chi connectivity index (χ1v) is 9.41. The van der Waals surface area contributed by atoms with Crippen LogP contribution in [-0.4, -0.2) is 25.5 Å². The molecule has 0 amide bonds. The number of benzene rings is 2. The van der Waals surface area contributed by atoms with Crippen LogP contribution in [-0.2, 0) is 4.79 Å². The van der Waals surface area contributed by atoms with E-state index in [-0.39, 0.29) is 17.5 Å². The average Bonchev–Trinajstić information content (AvgIpc) is 3.17. The normalized spacial score (nSPS) is 18.1. The number of nitro benzene ring substituents is 1.